The second-order valence-electron chi connectivity index (χ2n) is 7.15. The van der Waals surface area contributed by atoms with Crippen molar-refractivity contribution in [3.8, 4) is 0 Å². The number of nitrogens with zero attached hydrogens (tertiary/aromatic N) is 2. The van der Waals surface area contributed by atoms with Gasteiger partial charge in [-0.1, -0.05) is 30.3 Å². The first kappa shape index (κ1) is 17.0. The van der Waals surface area contributed by atoms with E-state index < -0.39 is 0 Å². The molecule has 5 heteroatoms. The molecule has 0 aliphatic carbocycles. The van der Waals surface area contributed by atoms with E-state index in [0.717, 1.165) is 32.6 Å². The number of hydrogen-bond acceptors (Lipinski definition) is 3. The Morgan fingerprint density at radius 3 is 2.75 bits per heavy atom. The molecule has 2 aliphatic rings. The van der Waals surface area contributed by atoms with E-state index in [-0.39, 0.29) is 17.7 Å². The van der Waals surface area contributed by atoms with Gasteiger partial charge in [-0.15, -0.1) is 0 Å². The lowest BCUT2D eigenvalue weighted by Gasteiger charge is -2.33. The lowest BCUT2D eigenvalue weighted by molar-refractivity contribution is -0.128. The molecule has 1 aromatic rings. The van der Waals surface area contributed by atoms with Crippen LogP contribution in [0, 0.1) is 11.8 Å². The van der Waals surface area contributed by atoms with Crippen LogP contribution in [0.4, 0.5) is 0 Å². The van der Waals surface area contributed by atoms with Gasteiger partial charge in [-0.05, 0) is 30.9 Å². The minimum Gasteiger partial charge on any atom is -0.355 e. The van der Waals surface area contributed by atoms with Gasteiger partial charge in [-0.25, -0.2) is 0 Å². The topological polar surface area (TPSA) is 52.7 Å². The van der Waals surface area contributed by atoms with Crippen LogP contribution in [0.15, 0.2) is 30.3 Å². The van der Waals surface area contributed by atoms with Crippen LogP contribution < -0.4 is 5.32 Å². The summed E-state index contributed by atoms with van der Waals surface area (Å²) in [5.74, 6) is 0.433. The summed E-state index contributed by atoms with van der Waals surface area (Å²) in [7, 11) is 1.76. The van der Waals surface area contributed by atoms with E-state index in [0.29, 0.717) is 18.9 Å². The third-order valence-corrected chi connectivity index (χ3v) is 5.13. The summed E-state index contributed by atoms with van der Waals surface area (Å²) in [5, 5.41) is 3.08. The highest BCUT2D eigenvalue weighted by Gasteiger charge is 2.32. The number of piperidine rings is 1. The van der Waals surface area contributed by atoms with Crippen LogP contribution in [0.5, 0.6) is 0 Å². The van der Waals surface area contributed by atoms with Crippen molar-refractivity contribution in [2.24, 2.45) is 11.8 Å². The minimum absolute atomic E-state index is 0.0351. The first-order valence-electron chi connectivity index (χ1n) is 8.90. The summed E-state index contributed by atoms with van der Waals surface area (Å²) in [4.78, 5) is 27.9. The number of amides is 2. The number of carbonyl (C=O) groups is 2. The van der Waals surface area contributed by atoms with Gasteiger partial charge in [0, 0.05) is 39.6 Å². The van der Waals surface area contributed by atoms with Gasteiger partial charge in [-0.2, -0.15) is 0 Å². The molecule has 0 bridgehead atoms. The number of hydrogen-bond donors (Lipinski definition) is 1. The van der Waals surface area contributed by atoms with Crippen molar-refractivity contribution in [2.75, 3.05) is 33.2 Å². The van der Waals surface area contributed by atoms with Crippen LogP contribution >= 0.6 is 0 Å². The number of rotatable bonds is 5. The predicted octanol–water partition coefficient (Wildman–Crippen LogP) is 1.49. The number of likely N-dealkylation sites (tertiary alicyclic amines) is 2. The smallest absolute Gasteiger partial charge is 0.225 e. The van der Waals surface area contributed by atoms with E-state index in [2.05, 4.69) is 34.5 Å². The summed E-state index contributed by atoms with van der Waals surface area (Å²) in [6.07, 6.45) is 2.69. The van der Waals surface area contributed by atoms with Gasteiger partial charge < -0.3 is 10.2 Å². The highest BCUT2D eigenvalue weighted by molar-refractivity contribution is 5.89. The van der Waals surface area contributed by atoms with E-state index in [1.807, 2.05) is 6.07 Å². The Labute approximate surface area is 144 Å². The molecule has 2 amide bonds. The summed E-state index contributed by atoms with van der Waals surface area (Å²) in [5.41, 5.74) is 1.34. The van der Waals surface area contributed by atoms with Gasteiger partial charge in [0.25, 0.3) is 0 Å². The van der Waals surface area contributed by atoms with Crippen molar-refractivity contribution >= 4 is 11.8 Å². The average Bonchev–Trinajstić information content (AvgIpc) is 2.93. The molecule has 0 radical (unpaired) electrons. The van der Waals surface area contributed by atoms with Gasteiger partial charge in [0.05, 0.1) is 5.92 Å². The molecule has 2 aliphatic heterocycles. The lowest BCUT2D eigenvalue weighted by atomic mass is 9.97. The highest BCUT2D eigenvalue weighted by atomic mass is 16.2. The maximum atomic E-state index is 12.2. The zero-order chi connectivity index (χ0) is 16.9. The zero-order valence-electron chi connectivity index (χ0n) is 14.4. The molecule has 1 N–H and O–H groups in total. The first-order chi connectivity index (χ1) is 11.6. The van der Waals surface area contributed by atoms with E-state index in [1.54, 1.807) is 11.9 Å². The normalized spacial score (nSPS) is 25.0. The van der Waals surface area contributed by atoms with Crippen LogP contribution in [0.25, 0.3) is 0 Å². The van der Waals surface area contributed by atoms with Gasteiger partial charge in [0.15, 0.2) is 0 Å². The largest absolute Gasteiger partial charge is 0.355 e. The van der Waals surface area contributed by atoms with Crippen LogP contribution in [-0.2, 0) is 16.1 Å². The molecule has 0 unspecified atom stereocenters. The molecule has 0 saturated carbocycles. The molecule has 24 heavy (non-hydrogen) atoms. The average molecular weight is 329 g/mol. The van der Waals surface area contributed by atoms with E-state index in [4.69, 9.17) is 0 Å². The predicted molar refractivity (Wildman–Crippen MR) is 93.2 cm³/mol. The van der Waals surface area contributed by atoms with Crippen LogP contribution in [0.1, 0.15) is 24.8 Å². The Kier molecular flexibility index (Phi) is 5.51. The van der Waals surface area contributed by atoms with Gasteiger partial charge in [0.2, 0.25) is 11.8 Å². The SMILES string of the molecule is CN1C[C@H](C(=O)NC[C@@H]2CCCN(Cc3ccccc3)C2)CC1=O. The Morgan fingerprint density at radius 2 is 2.04 bits per heavy atom. The molecule has 2 saturated heterocycles. The monoisotopic (exact) mass is 329 g/mol. The third kappa shape index (κ3) is 4.35. The summed E-state index contributed by atoms with van der Waals surface area (Å²) in [6, 6.07) is 10.5. The quantitative estimate of drug-likeness (QED) is 0.890. The van der Waals surface area contributed by atoms with Crippen molar-refractivity contribution in [3.63, 3.8) is 0 Å². The molecule has 2 heterocycles. The highest BCUT2D eigenvalue weighted by Crippen LogP contribution is 2.19. The van der Waals surface area contributed by atoms with Crippen LogP contribution in [0.2, 0.25) is 0 Å². The second-order valence-corrected chi connectivity index (χ2v) is 7.15. The molecule has 5 nitrogen and oxygen atoms in total. The van der Waals surface area contributed by atoms with Crippen LogP contribution in [0.3, 0.4) is 0 Å². The fourth-order valence-electron chi connectivity index (χ4n) is 3.73. The third-order valence-electron chi connectivity index (χ3n) is 5.13. The van der Waals surface area contributed by atoms with E-state index >= 15 is 0 Å². The number of benzene rings is 1. The van der Waals surface area contributed by atoms with Crippen molar-refractivity contribution in [3.05, 3.63) is 35.9 Å². The van der Waals surface area contributed by atoms with Gasteiger partial charge in [0.1, 0.15) is 0 Å². The lowest BCUT2D eigenvalue weighted by Crippen LogP contribution is -2.42. The fraction of sp³-hybridized carbons (Fsp3) is 0.579. The first-order valence-corrected chi connectivity index (χ1v) is 8.90. The Bertz CT molecular complexity index is 575. The van der Waals surface area contributed by atoms with E-state index in [9.17, 15) is 9.59 Å². The Morgan fingerprint density at radius 1 is 1.25 bits per heavy atom. The van der Waals surface area contributed by atoms with Crippen LogP contribution in [-0.4, -0.2) is 54.8 Å². The maximum absolute atomic E-state index is 12.2. The molecule has 3 rings (SSSR count). The van der Waals surface area contributed by atoms with Gasteiger partial charge in [-0.3, -0.25) is 14.5 Å². The fourth-order valence-corrected chi connectivity index (χ4v) is 3.73. The summed E-state index contributed by atoms with van der Waals surface area (Å²) < 4.78 is 0. The Hall–Kier alpha value is -1.88. The molecule has 0 spiro atoms. The van der Waals surface area contributed by atoms with Crippen molar-refractivity contribution < 1.29 is 9.59 Å². The zero-order valence-corrected chi connectivity index (χ0v) is 14.4. The van der Waals surface area contributed by atoms with Crippen molar-refractivity contribution in [1.82, 2.24) is 15.1 Å². The maximum Gasteiger partial charge on any atom is 0.225 e. The molecule has 2 fully saturated rings. The standard InChI is InChI=1S/C19H27N3O2/c1-21-14-17(10-18(21)23)19(24)20-11-16-8-5-9-22(13-16)12-15-6-3-2-4-7-15/h2-4,6-7,16-17H,5,8-14H2,1H3,(H,20,24)/t16-,17+/m0/s1. The van der Waals surface area contributed by atoms with Crippen molar-refractivity contribution in [2.45, 2.75) is 25.8 Å². The minimum atomic E-state index is -0.175. The molecule has 2 atom stereocenters. The van der Waals surface area contributed by atoms with E-state index in [1.165, 1.54) is 12.0 Å². The summed E-state index contributed by atoms with van der Waals surface area (Å²) in [6.45, 7) is 4.40. The molecular formula is C19H27N3O2. The number of carbonyl (C=O) groups excluding carboxylic acids is 2. The molecule has 0 aromatic heterocycles. The molecule has 1 aromatic carbocycles. The Balaban J connectivity index is 1.44. The van der Waals surface area contributed by atoms with Crippen molar-refractivity contribution in [1.29, 1.82) is 0 Å². The molecule has 130 valence electrons. The van der Waals surface area contributed by atoms with Gasteiger partial charge >= 0.3 is 0 Å². The number of nitrogens with one attached hydrogen (secondary N) is 1. The molecular weight excluding hydrogens is 302 g/mol. The summed E-state index contributed by atoms with van der Waals surface area (Å²) >= 11 is 0. The second kappa shape index (κ2) is 7.79.